The maximum absolute atomic E-state index is 12.3. The second kappa shape index (κ2) is 5.52. The molecule has 100 valence electrons. The van der Waals surface area contributed by atoms with Gasteiger partial charge in [-0.2, -0.15) is 5.10 Å². The number of nitrogens with zero attached hydrogens (tertiary/aromatic N) is 3. The molecule has 18 heavy (non-hydrogen) atoms. The van der Waals surface area contributed by atoms with Gasteiger partial charge in [-0.3, -0.25) is 9.48 Å². The largest absolute Gasteiger partial charge is 0.341 e. The second-order valence-electron chi connectivity index (χ2n) is 5.41. The lowest BCUT2D eigenvalue weighted by Gasteiger charge is -2.30. The van der Waals surface area contributed by atoms with Crippen molar-refractivity contribution in [2.45, 2.75) is 19.9 Å². The molecule has 2 rings (SSSR count). The van der Waals surface area contributed by atoms with E-state index in [-0.39, 0.29) is 11.8 Å². The summed E-state index contributed by atoms with van der Waals surface area (Å²) in [6.45, 7) is 4.65. The Morgan fingerprint density at radius 1 is 1.61 bits per heavy atom. The molecule has 1 saturated heterocycles. The minimum atomic E-state index is 0.121. The van der Waals surface area contributed by atoms with Crippen LogP contribution >= 0.6 is 0 Å². The first kappa shape index (κ1) is 13.1. The first-order chi connectivity index (χ1) is 8.56. The third-order valence-corrected chi connectivity index (χ3v) is 3.47. The summed E-state index contributed by atoms with van der Waals surface area (Å²) >= 11 is 0. The Hall–Kier alpha value is -1.36. The lowest BCUT2D eigenvalue weighted by molar-refractivity contribution is -0.135. The molecular formula is C13H22N4O. The number of hydrogen-bond acceptors (Lipinski definition) is 3. The zero-order chi connectivity index (χ0) is 13.1. The minimum Gasteiger partial charge on any atom is -0.341 e. The molecule has 1 amide bonds. The lowest BCUT2D eigenvalue weighted by atomic mass is 9.91. The van der Waals surface area contributed by atoms with Crippen LogP contribution < -0.4 is 5.32 Å². The van der Waals surface area contributed by atoms with E-state index in [4.69, 9.17) is 0 Å². The molecule has 1 aliphatic rings. The van der Waals surface area contributed by atoms with Gasteiger partial charge in [0.15, 0.2) is 0 Å². The van der Waals surface area contributed by atoms with E-state index in [0.29, 0.717) is 12.5 Å². The third kappa shape index (κ3) is 3.10. The summed E-state index contributed by atoms with van der Waals surface area (Å²) in [6.07, 6.45) is 4.75. The predicted octanol–water partition coefficient (Wildman–Crippen LogP) is 0.624. The Labute approximate surface area is 108 Å². The average Bonchev–Trinajstić information content (AvgIpc) is 2.73. The predicted molar refractivity (Wildman–Crippen MR) is 69.8 cm³/mol. The normalized spacial score (nSPS) is 23.9. The summed E-state index contributed by atoms with van der Waals surface area (Å²) in [4.78, 5) is 14.1. The Kier molecular flexibility index (Phi) is 4.01. The molecule has 5 nitrogen and oxygen atoms in total. The summed E-state index contributed by atoms with van der Waals surface area (Å²) < 4.78 is 1.76. The van der Waals surface area contributed by atoms with Crippen LogP contribution in [0.5, 0.6) is 0 Å². The Morgan fingerprint density at radius 2 is 2.39 bits per heavy atom. The zero-order valence-corrected chi connectivity index (χ0v) is 11.4. The molecule has 1 aromatic heterocycles. The molecule has 0 aromatic carbocycles. The van der Waals surface area contributed by atoms with Crippen LogP contribution in [-0.2, 0) is 18.4 Å². The number of piperidine rings is 1. The van der Waals surface area contributed by atoms with Crippen LogP contribution in [0.2, 0.25) is 0 Å². The molecule has 0 saturated carbocycles. The van der Waals surface area contributed by atoms with Crippen LogP contribution in [0.25, 0.3) is 0 Å². The molecular weight excluding hydrogens is 228 g/mol. The van der Waals surface area contributed by atoms with Crippen molar-refractivity contribution in [3.63, 3.8) is 0 Å². The molecule has 0 aliphatic carbocycles. The number of carbonyl (C=O) groups excluding carboxylic acids is 1. The first-order valence-corrected chi connectivity index (χ1v) is 6.49. The highest BCUT2D eigenvalue weighted by Crippen LogP contribution is 2.18. The maximum Gasteiger partial charge on any atom is 0.227 e. The lowest BCUT2D eigenvalue weighted by Crippen LogP contribution is -2.43. The Morgan fingerprint density at radius 3 is 3.00 bits per heavy atom. The Balaban J connectivity index is 1.91. The topological polar surface area (TPSA) is 50.2 Å². The smallest absolute Gasteiger partial charge is 0.227 e. The van der Waals surface area contributed by atoms with Gasteiger partial charge in [0, 0.05) is 38.9 Å². The fourth-order valence-corrected chi connectivity index (χ4v) is 2.56. The van der Waals surface area contributed by atoms with Crippen molar-refractivity contribution in [2.75, 3.05) is 20.1 Å². The molecule has 1 aliphatic heterocycles. The molecule has 2 heterocycles. The molecule has 0 bridgehead atoms. The standard InChI is InChI=1S/C13H22N4O/c1-10-4-12(7-14-5-10)13(18)16(2)8-11-6-15-17(3)9-11/h6,9-10,12,14H,4-5,7-8H2,1-3H3. The van der Waals surface area contributed by atoms with E-state index in [1.807, 2.05) is 26.5 Å². The highest BCUT2D eigenvalue weighted by molar-refractivity contribution is 5.79. The molecule has 1 N–H and O–H groups in total. The van der Waals surface area contributed by atoms with Crippen molar-refractivity contribution in [3.05, 3.63) is 18.0 Å². The van der Waals surface area contributed by atoms with Gasteiger partial charge in [0.25, 0.3) is 0 Å². The SMILES string of the molecule is CC1CNCC(C(=O)N(C)Cc2cnn(C)c2)C1. The zero-order valence-electron chi connectivity index (χ0n) is 11.4. The van der Waals surface area contributed by atoms with E-state index in [0.717, 1.165) is 25.1 Å². The second-order valence-corrected chi connectivity index (χ2v) is 5.41. The number of carbonyl (C=O) groups is 1. The summed E-state index contributed by atoms with van der Waals surface area (Å²) in [5.74, 6) is 0.938. The van der Waals surface area contributed by atoms with Crippen molar-refractivity contribution in [3.8, 4) is 0 Å². The van der Waals surface area contributed by atoms with E-state index < -0.39 is 0 Å². The summed E-state index contributed by atoms with van der Waals surface area (Å²) in [5.41, 5.74) is 1.07. The van der Waals surface area contributed by atoms with Crippen molar-refractivity contribution >= 4 is 5.91 Å². The van der Waals surface area contributed by atoms with Gasteiger partial charge in [-0.1, -0.05) is 6.92 Å². The van der Waals surface area contributed by atoms with Gasteiger partial charge in [-0.25, -0.2) is 0 Å². The first-order valence-electron chi connectivity index (χ1n) is 6.49. The number of hydrogen-bond donors (Lipinski definition) is 1. The van der Waals surface area contributed by atoms with Crippen LogP contribution in [0.1, 0.15) is 18.9 Å². The van der Waals surface area contributed by atoms with Gasteiger partial charge in [0.05, 0.1) is 12.1 Å². The number of aromatic nitrogens is 2. The number of rotatable bonds is 3. The maximum atomic E-state index is 12.3. The van der Waals surface area contributed by atoms with Crippen molar-refractivity contribution in [1.82, 2.24) is 20.0 Å². The fourth-order valence-electron chi connectivity index (χ4n) is 2.56. The summed E-state index contributed by atoms with van der Waals surface area (Å²) in [5, 5.41) is 7.44. The minimum absolute atomic E-state index is 0.121. The van der Waals surface area contributed by atoms with Gasteiger partial charge in [-0.05, 0) is 18.9 Å². The van der Waals surface area contributed by atoms with E-state index in [1.54, 1.807) is 9.58 Å². The van der Waals surface area contributed by atoms with Gasteiger partial charge < -0.3 is 10.2 Å². The monoisotopic (exact) mass is 250 g/mol. The van der Waals surface area contributed by atoms with Gasteiger partial charge in [0.2, 0.25) is 5.91 Å². The van der Waals surface area contributed by atoms with E-state index in [9.17, 15) is 4.79 Å². The molecule has 0 spiro atoms. The van der Waals surface area contributed by atoms with Crippen LogP contribution in [-0.4, -0.2) is 40.7 Å². The van der Waals surface area contributed by atoms with Crippen LogP contribution in [0.4, 0.5) is 0 Å². The highest BCUT2D eigenvalue weighted by Gasteiger charge is 2.27. The fraction of sp³-hybridized carbons (Fsp3) is 0.692. The average molecular weight is 250 g/mol. The van der Waals surface area contributed by atoms with Crippen LogP contribution in [0, 0.1) is 11.8 Å². The highest BCUT2D eigenvalue weighted by atomic mass is 16.2. The van der Waals surface area contributed by atoms with Crippen LogP contribution in [0.15, 0.2) is 12.4 Å². The van der Waals surface area contributed by atoms with Crippen molar-refractivity contribution in [1.29, 1.82) is 0 Å². The molecule has 5 heteroatoms. The quantitative estimate of drug-likeness (QED) is 0.856. The van der Waals surface area contributed by atoms with Gasteiger partial charge >= 0.3 is 0 Å². The van der Waals surface area contributed by atoms with E-state index in [2.05, 4.69) is 17.3 Å². The van der Waals surface area contributed by atoms with E-state index >= 15 is 0 Å². The number of aryl methyl sites for hydroxylation is 1. The summed E-state index contributed by atoms with van der Waals surface area (Å²) in [7, 11) is 3.76. The van der Waals surface area contributed by atoms with Gasteiger partial charge in [-0.15, -0.1) is 0 Å². The Bertz CT molecular complexity index is 415. The molecule has 1 aromatic rings. The molecule has 2 atom stereocenters. The van der Waals surface area contributed by atoms with Gasteiger partial charge in [0.1, 0.15) is 0 Å². The third-order valence-electron chi connectivity index (χ3n) is 3.47. The van der Waals surface area contributed by atoms with E-state index in [1.165, 1.54) is 0 Å². The van der Waals surface area contributed by atoms with Crippen molar-refractivity contribution < 1.29 is 4.79 Å². The number of nitrogens with one attached hydrogen (secondary N) is 1. The molecule has 0 radical (unpaired) electrons. The number of amides is 1. The van der Waals surface area contributed by atoms with Crippen LogP contribution in [0.3, 0.4) is 0 Å². The van der Waals surface area contributed by atoms with Crippen molar-refractivity contribution in [2.24, 2.45) is 18.9 Å². The molecule has 1 fully saturated rings. The molecule has 2 unspecified atom stereocenters. The summed E-state index contributed by atoms with van der Waals surface area (Å²) in [6, 6.07) is 0.